The van der Waals surface area contributed by atoms with Crippen molar-refractivity contribution in [2.24, 2.45) is 5.92 Å². The second-order valence-electron chi connectivity index (χ2n) is 4.46. The normalized spacial score (nSPS) is 12.9. The van der Waals surface area contributed by atoms with Crippen LogP contribution in [0.2, 0.25) is 0 Å². The van der Waals surface area contributed by atoms with Crippen LogP contribution in [0.25, 0.3) is 0 Å². The van der Waals surface area contributed by atoms with Crippen molar-refractivity contribution in [3.8, 4) is 0 Å². The molecule has 1 unspecified atom stereocenters. The maximum absolute atomic E-state index is 10.0. The quantitative estimate of drug-likeness (QED) is 0.879. The van der Waals surface area contributed by atoms with Crippen molar-refractivity contribution in [1.29, 1.82) is 0 Å². The SMILES string of the molecule is CC(C)Cc1noc(C(O)c2ccccc2)n1. The second-order valence-corrected chi connectivity index (χ2v) is 4.46. The molecule has 0 aliphatic rings. The molecule has 0 saturated carbocycles. The number of aliphatic hydroxyl groups is 1. The van der Waals surface area contributed by atoms with E-state index in [-0.39, 0.29) is 5.89 Å². The van der Waals surface area contributed by atoms with E-state index >= 15 is 0 Å². The van der Waals surface area contributed by atoms with E-state index in [2.05, 4.69) is 24.0 Å². The van der Waals surface area contributed by atoms with Crippen molar-refractivity contribution in [3.05, 3.63) is 47.6 Å². The Balaban J connectivity index is 2.15. The number of benzene rings is 1. The minimum atomic E-state index is -0.843. The highest BCUT2D eigenvalue weighted by Gasteiger charge is 2.18. The Bertz CT molecular complexity index is 465. The van der Waals surface area contributed by atoms with Gasteiger partial charge < -0.3 is 9.63 Å². The average molecular weight is 232 g/mol. The van der Waals surface area contributed by atoms with Crippen LogP contribution in [0.4, 0.5) is 0 Å². The van der Waals surface area contributed by atoms with Crippen LogP contribution in [0.5, 0.6) is 0 Å². The lowest BCUT2D eigenvalue weighted by Gasteiger charge is -2.04. The lowest BCUT2D eigenvalue weighted by Crippen LogP contribution is -2.01. The Labute approximate surface area is 100 Å². The van der Waals surface area contributed by atoms with Crippen molar-refractivity contribution in [1.82, 2.24) is 10.1 Å². The third-order valence-corrected chi connectivity index (χ3v) is 2.42. The van der Waals surface area contributed by atoms with Gasteiger partial charge >= 0.3 is 0 Å². The molecule has 0 saturated heterocycles. The van der Waals surface area contributed by atoms with E-state index in [9.17, 15) is 5.11 Å². The monoisotopic (exact) mass is 232 g/mol. The predicted molar refractivity (Wildman–Crippen MR) is 63.3 cm³/mol. The summed E-state index contributed by atoms with van der Waals surface area (Å²) in [7, 11) is 0. The van der Waals surface area contributed by atoms with Crippen molar-refractivity contribution in [2.75, 3.05) is 0 Å². The maximum atomic E-state index is 10.0. The first-order valence-electron chi connectivity index (χ1n) is 5.72. The summed E-state index contributed by atoms with van der Waals surface area (Å²) >= 11 is 0. The van der Waals surface area contributed by atoms with Crippen LogP contribution in [-0.2, 0) is 6.42 Å². The number of aromatic nitrogens is 2. The van der Waals surface area contributed by atoms with Crippen LogP contribution in [0.1, 0.15) is 37.2 Å². The zero-order chi connectivity index (χ0) is 12.3. The largest absolute Gasteiger partial charge is 0.378 e. The highest BCUT2D eigenvalue weighted by atomic mass is 16.5. The molecule has 1 heterocycles. The van der Waals surface area contributed by atoms with Gasteiger partial charge in [-0.15, -0.1) is 0 Å². The van der Waals surface area contributed by atoms with Gasteiger partial charge in [0.05, 0.1) is 0 Å². The topological polar surface area (TPSA) is 59.2 Å². The molecule has 0 amide bonds. The van der Waals surface area contributed by atoms with Crippen LogP contribution in [0.15, 0.2) is 34.9 Å². The summed E-state index contributed by atoms with van der Waals surface area (Å²) in [6.45, 7) is 4.17. The molecule has 0 bridgehead atoms. The number of nitrogens with zero attached hydrogens (tertiary/aromatic N) is 2. The van der Waals surface area contributed by atoms with E-state index in [1.165, 1.54) is 0 Å². The first kappa shape index (κ1) is 11.8. The fourth-order valence-corrected chi connectivity index (χ4v) is 1.60. The molecule has 0 radical (unpaired) electrons. The molecule has 1 aromatic carbocycles. The Hall–Kier alpha value is -1.68. The van der Waals surface area contributed by atoms with Gasteiger partial charge in [-0.05, 0) is 11.5 Å². The van der Waals surface area contributed by atoms with Gasteiger partial charge in [0.25, 0.3) is 5.89 Å². The van der Waals surface area contributed by atoms with Crippen LogP contribution < -0.4 is 0 Å². The molecule has 0 spiro atoms. The van der Waals surface area contributed by atoms with Gasteiger partial charge in [-0.25, -0.2) is 0 Å². The zero-order valence-electron chi connectivity index (χ0n) is 10.00. The van der Waals surface area contributed by atoms with Crippen LogP contribution >= 0.6 is 0 Å². The van der Waals surface area contributed by atoms with E-state index in [0.717, 1.165) is 12.0 Å². The summed E-state index contributed by atoms with van der Waals surface area (Å²) < 4.78 is 5.07. The Morgan fingerprint density at radius 1 is 1.24 bits per heavy atom. The van der Waals surface area contributed by atoms with Crippen LogP contribution in [0.3, 0.4) is 0 Å². The van der Waals surface area contributed by atoms with E-state index in [4.69, 9.17) is 4.52 Å². The summed E-state index contributed by atoms with van der Waals surface area (Å²) in [5.74, 6) is 1.37. The Morgan fingerprint density at radius 3 is 2.59 bits per heavy atom. The van der Waals surface area contributed by atoms with Crippen LogP contribution in [-0.4, -0.2) is 15.2 Å². The summed E-state index contributed by atoms with van der Waals surface area (Å²) in [6, 6.07) is 9.29. The minimum absolute atomic E-state index is 0.256. The van der Waals surface area contributed by atoms with Gasteiger partial charge in [-0.3, -0.25) is 0 Å². The molecule has 4 heteroatoms. The third-order valence-electron chi connectivity index (χ3n) is 2.42. The highest BCUT2D eigenvalue weighted by molar-refractivity contribution is 5.21. The molecule has 2 aromatic rings. The molecule has 4 nitrogen and oxygen atoms in total. The van der Waals surface area contributed by atoms with Gasteiger partial charge in [0.15, 0.2) is 11.9 Å². The molecule has 90 valence electrons. The van der Waals surface area contributed by atoms with Crippen molar-refractivity contribution in [3.63, 3.8) is 0 Å². The standard InChI is InChI=1S/C13H16N2O2/c1-9(2)8-11-14-13(17-15-11)12(16)10-6-4-3-5-7-10/h3-7,9,12,16H,8H2,1-2H3. The fraction of sp³-hybridized carbons (Fsp3) is 0.385. The van der Waals surface area contributed by atoms with Crippen LogP contribution in [0, 0.1) is 5.92 Å². The predicted octanol–water partition coefficient (Wildman–Crippen LogP) is 2.35. The number of aliphatic hydroxyl groups excluding tert-OH is 1. The molecule has 1 N–H and O–H groups in total. The molecule has 0 aliphatic heterocycles. The zero-order valence-corrected chi connectivity index (χ0v) is 10.00. The summed E-state index contributed by atoms with van der Waals surface area (Å²) in [5.41, 5.74) is 0.757. The number of hydrogen-bond donors (Lipinski definition) is 1. The minimum Gasteiger partial charge on any atom is -0.378 e. The first-order valence-corrected chi connectivity index (χ1v) is 5.72. The lowest BCUT2D eigenvalue weighted by molar-refractivity contribution is 0.170. The Kier molecular flexibility index (Phi) is 3.54. The number of rotatable bonds is 4. The maximum Gasteiger partial charge on any atom is 0.260 e. The fourth-order valence-electron chi connectivity index (χ4n) is 1.60. The van der Waals surface area contributed by atoms with Gasteiger partial charge in [0.2, 0.25) is 0 Å². The molecule has 17 heavy (non-hydrogen) atoms. The van der Waals surface area contributed by atoms with Gasteiger partial charge in [0.1, 0.15) is 0 Å². The summed E-state index contributed by atoms with van der Waals surface area (Å²) in [6.07, 6.45) is -0.0880. The van der Waals surface area contributed by atoms with E-state index < -0.39 is 6.10 Å². The molecular weight excluding hydrogens is 216 g/mol. The molecular formula is C13H16N2O2. The van der Waals surface area contributed by atoms with E-state index in [1.54, 1.807) is 0 Å². The van der Waals surface area contributed by atoms with Crippen molar-refractivity contribution >= 4 is 0 Å². The van der Waals surface area contributed by atoms with E-state index in [1.807, 2.05) is 30.3 Å². The van der Waals surface area contributed by atoms with Gasteiger partial charge in [-0.2, -0.15) is 4.98 Å². The van der Waals surface area contributed by atoms with Crippen molar-refractivity contribution in [2.45, 2.75) is 26.4 Å². The van der Waals surface area contributed by atoms with Crippen molar-refractivity contribution < 1.29 is 9.63 Å². The average Bonchev–Trinajstić information content (AvgIpc) is 2.77. The molecule has 2 rings (SSSR count). The summed E-state index contributed by atoms with van der Waals surface area (Å²) in [5, 5.41) is 13.9. The molecule has 0 fully saturated rings. The molecule has 1 atom stereocenters. The highest BCUT2D eigenvalue weighted by Crippen LogP contribution is 2.20. The first-order chi connectivity index (χ1) is 8.16. The summed E-state index contributed by atoms with van der Waals surface area (Å²) in [4.78, 5) is 4.20. The Morgan fingerprint density at radius 2 is 1.94 bits per heavy atom. The number of hydrogen-bond acceptors (Lipinski definition) is 4. The third kappa shape index (κ3) is 2.91. The van der Waals surface area contributed by atoms with Gasteiger partial charge in [-0.1, -0.05) is 49.3 Å². The molecule has 1 aromatic heterocycles. The van der Waals surface area contributed by atoms with Gasteiger partial charge in [0, 0.05) is 6.42 Å². The van der Waals surface area contributed by atoms with E-state index in [0.29, 0.717) is 11.7 Å². The smallest absolute Gasteiger partial charge is 0.260 e. The second kappa shape index (κ2) is 5.10. The molecule has 0 aliphatic carbocycles. The lowest BCUT2D eigenvalue weighted by atomic mass is 10.1.